The number of fused-ring (bicyclic) bond motifs is 2. The third-order valence-corrected chi connectivity index (χ3v) is 7.17. The largest absolute Gasteiger partial charge is 0.322 e. The van der Waals surface area contributed by atoms with Crippen molar-refractivity contribution in [3.8, 4) is 0 Å². The molecule has 0 aliphatic heterocycles. The number of amides is 1. The highest BCUT2D eigenvalue weighted by atomic mass is 32.2. The van der Waals surface area contributed by atoms with Gasteiger partial charge in [0.1, 0.15) is 0 Å². The molecule has 0 aliphatic carbocycles. The van der Waals surface area contributed by atoms with Gasteiger partial charge in [0, 0.05) is 38.1 Å². The summed E-state index contributed by atoms with van der Waals surface area (Å²) < 4.78 is 0. The fourth-order valence-electron chi connectivity index (χ4n) is 4.22. The first-order valence-electron chi connectivity index (χ1n) is 12.2. The van der Waals surface area contributed by atoms with Crippen LogP contribution in [-0.2, 0) is 0 Å². The van der Waals surface area contributed by atoms with Crippen LogP contribution in [0.15, 0.2) is 107 Å². The van der Waals surface area contributed by atoms with Crippen molar-refractivity contribution < 1.29 is 4.79 Å². The Labute approximate surface area is 223 Å². The summed E-state index contributed by atoms with van der Waals surface area (Å²) >= 11 is 1.54. The minimum Gasteiger partial charge on any atom is -0.322 e. The highest BCUT2D eigenvalue weighted by Gasteiger charge is 2.14. The molecular formula is C31H23N5OS. The van der Waals surface area contributed by atoms with Gasteiger partial charge in [-0.15, -0.1) is 0 Å². The summed E-state index contributed by atoms with van der Waals surface area (Å²) in [5, 5.41) is 12.6. The van der Waals surface area contributed by atoms with Gasteiger partial charge in [-0.1, -0.05) is 36.0 Å². The van der Waals surface area contributed by atoms with Gasteiger partial charge in [-0.05, 0) is 85.8 Å². The predicted octanol–water partition coefficient (Wildman–Crippen LogP) is 7.39. The second-order valence-corrected chi connectivity index (χ2v) is 9.93. The Balaban J connectivity index is 1.22. The van der Waals surface area contributed by atoms with Crippen LogP contribution in [0.4, 0.5) is 5.69 Å². The number of H-pyrrole nitrogens is 1. The smallest absolute Gasteiger partial charge is 0.256 e. The van der Waals surface area contributed by atoms with E-state index in [1.54, 1.807) is 18.0 Å². The molecule has 0 spiro atoms. The number of anilines is 1. The molecule has 0 saturated heterocycles. The van der Waals surface area contributed by atoms with E-state index in [9.17, 15) is 4.79 Å². The van der Waals surface area contributed by atoms with Crippen molar-refractivity contribution in [3.63, 3.8) is 0 Å². The predicted molar refractivity (Wildman–Crippen MR) is 154 cm³/mol. The number of hydrogen-bond acceptors (Lipinski definition) is 5. The molecule has 0 bridgehead atoms. The van der Waals surface area contributed by atoms with Crippen molar-refractivity contribution in [1.82, 2.24) is 20.2 Å². The van der Waals surface area contributed by atoms with Crippen molar-refractivity contribution in [2.24, 2.45) is 0 Å². The van der Waals surface area contributed by atoms with Crippen molar-refractivity contribution >= 4 is 57.3 Å². The van der Waals surface area contributed by atoms with E-state index in [1.807, 2.05) is 104 Å². The molecular weight excluding hydrogens is 490 g/mol. The number of hydrogen-bond donors (Lipinski definition) is 2. The van der Waals surface area contributed by atoms with Crippen LogP contribution in [0.1, 0.15) is 27.4 Å². The molecule has 0 atom stereocenters. The molecule has 0 unspecified atom stereocenters. The molecule has 2 N–H and O–H groups in total. The number of aromatic nitrogens is 4. The number of aryl methyl sites for hydroxylation is 1. The highest BCUT2D eigenvalue weighted by molar-refractivity contribution is 7.99. The van der Waals surface area contributed by atoms with E-state index >= 15 is 0 Å². The van der Waals surface area contributed by atoms with E-state index in [4.69, 9.17) is 0 Å². The van der Waals surface area contributed by atoms with Gasteiger partial charge < -0.3 is 5.32 Å². The monoisotopic (exact) mass is 513 g/mol. The lowest BCUT2D eigenvalue weighted by atomic mass is 10.1. The van der Waals surface area contributed by atoms with Gasteiger partial charge in [0.15, 0.2) is 0 Å². The fraction of sp³-hybridized carbons (Fsp3) is 0.0323. The first-order valence-corrected chi connectivity index (χ1v) is 13.0. The topological polar surface area (TPSA) is 83.6 Å². The van der Waals surface area contributed by atoms with Gasteiger partial charge >= 0.3 is 0 Å². The van der Waals surface area contributed by atoms with Crippen LogP contribution in [-0.4, -0.2) is 26.1 Å². The van der Waals surface area contributed by atoms with Crippen molar-refractivity contribution in [1.29, 1.82) is 0 Å². The van der Waals surface area contributed by atoms with Crippen molar-refractivity contribution in [3.05, 3.63) is 120 Å². The highest BCUT2D eigenvalue weighted by Crippen LogP contribution is 2.33. The second kappa shape index (κ2) is 10.3. The fourth-order valence-corrected chi connectivity index (χ4v) is 5.21. The number of nitrogens with zero attached hydrogens (tertiary/aromatic N) is 3. The first kappa shape index (κ1) is 23.6. The molecule has 3 aromatic heterocycles. The normalized spacial score (nSPS) is 11.4. The van der Waals surface area contributed by atoms with Crippen molar-refractivity contribution in [2.75, 3.05) is 5.32 Å². The van der Waals surface area contributed by atoms with E-state index in [1.165, 1.54) is 0 Å². The maximum absolute atomic E-state index is 13.3. The van der Waals surface area contributed by atoms with Gasteiger partial charge in [-0.25, -0.2) is 0 Å². The molecule has 3 heterocycles. The Morgan fingerprint density at radius 2 is 1.82 bits per heavy atom. The summed E-state index contributed by atoms with van der Waals surface area (Å²) in [7, 11) is 0. The Hall–Kier alpha value is -4.75. The van der Waals surface area contributed by atoms with Crippen LogP contribution < -0.4 is 5.32 Å². The van der Waals surface area contributed by atoms with Gasteiger partial charge in [0.05, 0.1) is 28.0 Å². The lowest BCUT2D eigenvalue weighted by Gasteiger charge is -2.11. The van der Waals surface area contributed by atoms with E-state index in [0.717, 1.165) is 54.4 Å². The van der Waals surface area contributed by atoms with Crippen LogP contribution in [0.25, 0.3) is 34.0 Å². The van der Waals surface area contributed by atoms with E-state index in [0.29, 0.717) is 5.56 Å². The quantitative estimate of drug-likeness (QED) is 0.243. The van der Waals surface area contributed by atoms with Crippen LogP contribution in [0.3, 0.4) is 0 Å². The van der Waals surface area contributed by atoms with E-state index in [2.05, 4.69) is 31.5 Å². The van der Waals surface area contributed by atoms with Crippen molar-refractivity contribution in [2.45, 2.75) is 16.7 Å². The molecule has 6 aromatic rings. The zero-order chi connectivity index (χ0) is 25.9. The van der Waals surface area contributed by atoms with E-state index in [-0.39, 0.29) is 5.91 Å². The van der Waals surface area contributed by atoms with Crippen LogP contribution in [0.2, 0.25) is 0 Å². The molecule has 7 heteroatoms. The Morgan fingerprint density at radius 1 is 0.921 bits per heavy atom. The molecule has 0 aliphatic rings. The Kier molecular flexibility index (Phi) is 6.42. The lowest BCUT2D eigenvalue weighted by Crippen LogP contribution is -2.12. The molecule has 1 amide bonds. The number of nitrogens with one attached hydrogen (secondary N) is 2. The number of aromatic amines is 1. The molecule has 0 saturated carbocycles. The third-order valence-electron chi connectivity index (χ3n) is 6.11. The molecule has 6 rings (SSSR count). The van der Waals surface area contributed by atoms with Gasteiger partial charge in [0.2, 0.25) is 0 Å². The molecule has 3 aromatic carbocycles. The van der Waals surface area contributed by atoms with Crippen LogP contribution in [0.5, 0.6) is 0 Å². The molecule has 38 heavy (non-hydrogen) atoms. The maximum atomic E-state index is 13.3. The Morgan fingerprint density at radius 3 is 2.71 bits per heavy atom. The van der Waals surface area contributed by atoms with Gasteiger partial charge in [-0.3, -0.25) is 19.9 Å². The standard InChI is InChI=1S/C31H23N5OS/c1-20-9-10-21-18-23(12-15-27(21)33-20)34-31(37)26-7-2-3-8-30(26)38-24-13-14-25-28(35-36-29(25)19-24)16-11-22-6-4-5-17-32-22/h2-19H,1H3,(H,34,37)(H,35,36)/b16-11+. The number of benzene rings is 3. The second-order valence-electron chi connectivity index (χ2n) is 8.82. The zero-order valence-electron chi connectivity index (χ0n) is 20.6. The summed E-state index contributed by atoms with van der Waals surface area (Å²) in [6, 6.07) is 29.3. The minimum atomic E-state index is -0.155. The molecule has 0 radical (unpaired) electrons. The number of carbonyl (C=O) groups is 1. The summed E-state index contributed by atoms with van der Waals surface area (Å²) in [5.74, 6) is -0.155. The minimum absolute atomic E-state index is 0.155. The van der Waals surface area contributed by atoms with Crippen LogP contribution in [0, 0.1) is 6.92 Å². The summed E-state index contributed by atoms with van der Waals surface area (Å²) in [5.41, 5.74) is 5.87. The molecule has 184 valence electrons. The average Bonchev–Trinajstić information content (AvgIpc) is 3.35. The van der Waals surface area contributed by atoms with Gasteiger partial charge in [0.25, 0.3) is 5.91 Å². The first-order chi connectivity index (χ1) is 18.6. The number of pyridine rings is 2. The maximum Gasteiger partial charge on any atom is 0.256 e. The third kappa shape index (κ3) is 5.05. The number of carbonyl (C=O) groups excluding carboxylic acids is 1. The summed E-state index contributed by atoms with van der Waals surface area (Å²) in [4.78, 5) is 24.0. The lowest BCUT2D eigenvalue weighted by molar-refractivity contribution is 0.102. The van der Waals surface area contributed by atoms with Gasteiger partial charge in [-0.2, -0.15) is 5.10 Å². The zero-order valence-corrected chi connectivity index (χ0v) is 21.4. The SMILES string of the molecule is Cc1ccc2cc(NC(=O)c3ccccc3Sc3ccc4c(/C=C/c5ccccn5)n[nH]c4c3)ccc2n1. The molecule has 0 fully saturated rings. The Bertz CT molecular complexity index is 1810. The number of rotatable bonds is 6. The average molecular weight is 514 g/mol. The van der Waals surface area contributed by atoms with E-state index < -0.39 is 0 Å². The summed E-state index contributed by atoms with van der Waals surface area (Å²) in [6.45, 7) is 1.97. The summed E-state index contributed by atoms with van der Waals surface area (Å²) in [6.07, 6.45) is 5.67. The molecule has 6 nitrogen and oxygen atoms in total. The van der Waals surface area contributed by atoms with Crippen LogP contribution >= 0.6 is 11.8 Å².